The van der Waals surface area contributed by atoms with E-state index in [1.54, 1.807) is 14.2 Å². The second-order valence-electron chi connectivity index (χ2n) is 3.97. The lowest BCUT2D eigenvalue weighted by Crippen LogP contribution is -1.98. The Kier molecular flexibility index (Phi) is 4.49. The first kappa shape index (κ1) is 14.2. The molecule has 0 radical (unpaired) electrons. The van der Waals surface area contributed by atoms with E-state index >= 15 is 0 Å². The number of hydrogen-bond acceptors (Lipinski definition) is 4. The predicted molar refractivity (Wildman–Crippen MR) is 81.7 cm³/mol. The molecule has 0 amide bonds. The first-order chi connectivity index (χ1) is 9.69. The van der Waals surface area contributed by atoms with Crippen molar-refractivity contribution in [2.24, 2.45) is 0 Å². The molecule has 0 spiro atoms. The van der Waals surface area contributed by atoms with Gasteiger partial charge in [0.15, 0.2) is 0 Å². The van der Waals surface area contributed by atoms with Crippen LogP contribution in [0.15, 0.2) is 40.9 Å². The largest absolute Gasteiger partial charge is 0.497 e. The van der Waals surface area contributed by atoms with Gasteiger partial charge in [-0.2, -0.15) is 5.26 Å². The maximum absolute atomic E-state index is 9.23. The number of anilines is 2. The van der Waals surface area contributed by atoms with E-state index in [-0.39, 0.29) is 0 Å². The number of rotatable bonds is 4. The van der Waals surface area contributed by atoms with Crippen LogP contribution in [-0.2, 0) is 0 Å². The molecule has 2 aromatic carbocycles. The molecule has 0 saturated heterocycles. The average Bonchev–Trinajstić information content (AvgIpc) is 2.47. The van der Waals surface area contributed by atoms with Gasteiger partial charge in [-0.15, -0.1) is 0 Å². The average molecular weight is 333 g/mol. The summed E-state index contributed by atoms with van der Waals surface area (Å²) in [5, 5.41) is 12.4. The van der Waals surface area contributed by atoms with Crippen LogP contribution < -0.4 is 14.8 Å². The number of methoxy groups -OCH3 is 2. The number of benzene rings is 2. The van der Waals surface area contributed by atoms with Gasteiger partial charge in [-0.25, -0.2) is 0 Å². The summed E-state index contributed by atoms with van der Waals surface area (Å²) in [5.74, 6) is 1.39. The van der Waals surface area contributed by atoms with Gasteiger partial charge in [0.25, 0.3) is 0 Å². The summed E-state index contributed by atoms with van der Waals surface area (Å²) in [7, 11) is 3.20. The molecule has 0 aliphatic heterocycles. The molecule has 102 valence electrons. The van der Waals surface area contributed by atoms with Gasteiger partial charge >= 0.3 is 0 Å². The third kappa shape index (κ3) is 2.86. The topological polar surface area (TPSA) is 54.3 Å². The Morgan fingerprint density at radius 1 is 1.10 bits per heavy atom. The Morgan fingerprint density at radius 2 is 1.90 bits per heavy atom. The van der Waals surface area contributed by atoms with Gasteiger partial charge in [-0.05, 0) is 40.2 Å². The summed E-state index contributed by atoms with van der Waals surface area (Å²) in [6.07, 6.45) is 0. The van der Waals surface area contributed by atoms with Crippen molar-refractivity contribution >= 4 is 27.3 Å². The summed E-state index contributed by atoms with van der Waals surface area (Å²) < 4.78 is 11.3. The van der Waals surface area contributed by atoms with Gasteiger partial charge in [0.1, 0.15) is 17.6 Å². The fraction of sp³-hybridized carbons (Fsp3) is 0.133. The molecule has 2 aromatic rings. The van der Waals surface area contributed by atoms with Crippen LogP contribution in [0.1, 0.15) is 5.56 Å². The van der Waals surface area contributed by atoms with Gasteiger partial charge in [0.2, 0.25) is 0 Å². The molecule has 0 unspecified atom stereocenters. The van der Waals surface area contributed by atoms with Crippen molar-refractivity contribution in [3.63, 3.8) is 0 Å². The Morgan fingerprint density at radius 3 is 2.55 bits per heavy atom. The van der Waals surface area contributed by atoms with Crippen LogP contribution in [0.25, 0.3) is 0 Å². The van der Waals surface area contributed by atoms with Crippen LogP contribution in [0, 0.1) is 11.3 Å². The quantitative estimate of drug-likeness (QED) is 0.916. The van der Waals surface area contributed by atoms with Crippen molar-refractivity contribution in [2.45, 2.75) is 0 Å². The van der Waals surface area contributed by atoms with Gasteiger partial charge < -0.3 is 14.8 Å². The molecule has 0 aliphatic rings. The highest BCUT2D eigenvalue weighted by atomic mass is 79.9. The molecule has 4 nitrogen and oxygen atoms in total. The highest BCUT2D eigenvalue weighted by Crippen LogP contribution is 2.33. The minimum absolute atomic E-state index is 0.539. The smallest absolute Gasteiger partial charge is 0.142 e. The molecule has 1 N–H and O–H groups in total. The number of hydrogen-bond donors (Lipinski definition) is 1. The van der Waals surface area contributed by atoms with Crippen molar-refractivity contribution < 1.29 is 9.47 Å². The summed E-state index contributed by atoms with van der Waals surface area (Å²) in [6, 6.07) is 13.1. The SMILES string of the molecule is COc1ccc(OC)c(Nc2cccc(Br)c2C#N)c1. The van der Waals surface area contributed by atoms with Crippen LogP contribution in [0.4, 0.5) is 11.4 Å². The van der Waals surface area contributed by atoms with E-state index in [0.29, 0.717) is 22.7 Å². The van der Waals surface area contributed by atoms with Crippen molar-refractivity contribution in [1.82, 2.24) is 0 Å². The minimum atomic E-state index is 0.539. The lowest BCUT2D eigenvalue weighted by atomic mass is 10.2. The second-order valence-corrected chi connectivity index (χ2v) is 4.82. The van der Waals surface area contributed by atoms with Crippen LogP contribution >= 0.6 is 15.9 Å². The van der Waals surface area contributed by atoms with Crippen LogP contribution in [-0.4, -0.2) is 14.2 Å². The zero-order valence-electron chi connectivity index (χ0n) is 11.1. The zero-order chi connectivity index (χ0) is 14.5. The normalized spacial score (nSPS) is 9.70. The number of nitrogens with one attached hydrogen (secondary N) is 1. The lowest BCUT2D eigenvalue weighted by Gasteiger charge is -2.14. The highest BCUT2D eigenvalue weighted by molar-refractivity contribution is 9.10. The Hall–Kier alpha value is -2.19. The van der Waals surface area contributed by atoms with Crippen molar-refractivity contribution in [3.8, 4) is 17.6 Å². The molecule has 20 heavy (non-hydrogen) atoms. The molecule has 5 heteroatoms. The summed E-state index contributed by atoms with van der Waals surface area (Å²) in [4.78, 5) is 0. The van der Waals surface area contributed by atoms with Crippen LogP contribution in [0.2, 0.25) is 0 Å². The minimum Gasteiger partial charge on any atom is -0.497 e. The molecule has 0 aromatic heterocycles. The number of nitrogens with zero attached hydrogens (tertiary/aromatic N) is 1. The van der Waals surface area contributed by atoms with Gasteiger partial charge in [-0.1, -0.05) is 6.07 Å². The fourth-order valence-electron chi connectivity index (χ4n) is 1.80. The van der Waals surface area contributed by atoms with Gasteiger partial charge in [0.05, 0.1) is 31.2 Å². The molecule has 0 saturated carbocycles. The molecule has 0 heterocycles. The Bertz CT molecular complexity index is 665. The van der Waals surface area contributed by atoms with Gasteiger partial charge in [-0.3, -0.25) is 0 Å². The highest BCUT2D eigenvalue weighted by Gasteiger charge is 2.10. The number of halogens is 1. The summed E-state index contributed by atoms with van der Waals surface area (Å²) in [5.41, 5.74) is 1.98. The first-order valence-electron chi connectivity index (χ1n) is 5.87. The zero-order valence-corrected chi connectivity index (χ0v) is 12.7. The Labute approximate surface area is 126 Å². The molecular formula is C15H13BrN2O2. The van der Waals surface area contributed by atoms with E-state index in [0.717, 1.165) is 10.2 Å². The monoisotopic (exact) mass is 332 g/mol. The van der Waals surface area contributed by atoms with Crippen molar-refractivity contribution in [2.75, 3.05) is 19.5 Å². The molecule has 0 fully saturated rings. The summed E-state index contributed by atoms with van der Waals surface area (Å²) >= 11 is 3.37. The van der Waals surface area contributed by atoms with E-state index in [9.17, 15) is 5.26 Å². The third-order valence-corrected chi connectivity index (χ3v) is 3.46. The van der Waals surface area contributed by atoms with Crippen LogP contribution in [0.5, 0.6) is 11.5 Å². The molecule has 0 bridgehead atoms. The summed E-state index contributed by atoms with van der Waals surface area (Å²) in [6.45, 7) is 0. The first-order valence-corrected chi connectivity index (χ1v) is 6.66. The predicted octanol–water partition coefficient (Wildman–Crippen LogP) is 4.08. The molecule has 0 atom stereocenters. The van der Waals surface area contributed by atoms with E-state index in [1.165, 1.54) is 0 Å². The maximum atomic E-state index is 9.23. The van der Waals surface area contributed by atoms with E-state index in [4.69, 9.17) is 9.47 Å². The molecule has 0 aliphatic carbocycles. The second kappa shape index (κ2) is 6.31. The number of ether oxygens (including phenoxy) is 2. The molecular weight excluding hydrogens is 320 g/mol. The van der Waals surface area contributed by atoms with Crippen molar-refractivity contribution in [3.05, 3.63) is 46.4 Å². The van der Waals surface area contributed by atoms with E-state index < -0.39 is 0 Å². The van der Waals surface area contributed by atoms with E-state index in [2.05, 4.69) is 27.3 Å². The number of nitriles is 1. The maximum Gasteiger partial charge on any atom is 0.142 e. The van der Waals surface area contributed by atoms with E-state index in [1.807, 2.05) is 36.4 Å². The molecule has 2 rings (SSSR count). The fourth-order valence-corrected chi connectivity index (χ4v) is 2.25. The van der Waals surface area contributed by atoms with Gasteiger partial charge in [0, 0.05) is 10.5 Å². The van der Waals surface area contributed by atoms with Crippen LogP contribution in [0.3, 0.4) is 0 Å². The Balaban J connectivity index is 2.44. The lowest BCUT2D eigenvalue weighted by molar-refractivity contribution is 0.405. The standard InChI is InChI=1S/C15H13BrN2O2/c1-19-10-6-7-15(20-2)14(8-10)18-13-5-3-4-12(16)11(13)9-17/h3-8,18H,1-2H3. The van der Waals surface area contributed by atoms with Crippen molar-refractivity contribution in [1.29, 1.82) is 5.26 Å². The third-order valence-electron chi connectivity index (χ3n) is 2.80.